The maximum Gasteiger partial charge on any atom is 0.0355 e. The van der Waals surface area contributed by atoms with Gasteiger partial charge in [0.05, 0.1) is 0 Å². The lowest BCUT2D eigenvalue weighted by atomic mass is 9.91. The minimum Gasteiger partial charge on any atom is -0.140 e. The predicted octanol–water partition coefficient (Wildman–Crippen LogP) is 13.8. The van der Waals surface area contributed by atoms with Crippen LogP contribution in [0.25, 0.3) is 89.9 Å². The van der Waals surface area contributed by atoms with Gasteiger partial charge in [0.2, 0.25) is 0 Å². The van der Waals surface area contributed by atoms with Crippen LogP contribution in [0.2, 0.25) is 0 Å². The first-order chi connectivity index (χ1) is 22.6. The maximum atomic E-state index is 2.43. The highest BCUT2D eigenvalue weighted by atomic mass is 32.1. The van der Waals surface area contributed by atoms with Gasteiger partial charge in [0.1, 0.15) is 0 Å². The standard InChI is InChI=1S/C43H28S3/c1-25-10-14-34-37-24-28(13-17-42(37)46-43(34)18-25)31-20-29(26-11-15-40-35(22-26)32-6-2-4-8-38(32)44-40)19-30(21-31)27-12-16-41-36(23-27)33-7-3-5-9-39(33)45-41/h2-17,19-25H,18H2,1H3. The van der Waals surface area contributed by atoms with Crippen LogP contribution in [-0.2, 0) is 6.42 Å². The maximum absolute atomic E-state index is 2.43. The van der Waals surface area contributed by atoms with Crippen molar-refractivity contribution >= 4 is 90.5 Å². The summed E-state index contributed by atoms with van der Waals surface area (Å²) < 4.78 is 6.75. The van der Waals surface area contributed by atoms with Crippen molar-refractivity contribution in [1.29, 1.82) is 0 Å². The quantitative estimate of drug-likeness (QED) is 0.180. The van der Waals surface area contributed by atoms with Crippen molar-refractivity contribution in [2.75, 3.05) is 0 Å². The Labute approximate surface area is 279 Å². The van der Waals surface area contributed by atoms with Crippen LogP contribution in [0.5, 0.6) is 0 Å². The van der Waals surface area contributed by atoms with E-state index in [9.17, 15) is 0 Å². The van der Waals surface area contributed by atoms with E-state index >= 15 is 0 Å². The summed E-state index contributed by atoms with van der Waals surface area (Å²) >= 11 is 5.72. The number of thiophene rings is 3. The minimum absolute atomic E-state index is 0.606. The molecule has 1 atom stereocenters. The summed E-state index contributed by atoms with van der Waals surface area (Å²) in [6.45, 7) is 2.31. The topological polar surface area (TPSA) is 0 Å². The third-order valence-corrected chi connectivity index (χ3v) is 13.1. The van der Waals surface area contributed by atoms with Crippen molar-refractivity contribution in [3.8, 4) is 33.4 Å². The smallest absolute Gasteiger partial charge is 0.0355 e. The van der Waals surface area contributed by atoms with Gasteiger partial charge in [-0.1, -0.05) is 73.7 Å². The molecule has 0 N–H and O–H groups in total. The largest absolute Gasteiger partial charge is 0.140 e. The van der Waals surface area contributed by atoms with E-state index in [0.29, 0.717) is 5.92 Å². The summed E-state index contributed by atoms with van der Waals surface area (Å²) in [7, 11) is 0. The predicted molar refractivity (Wildman–Crippen MR) is 206 cm³/mol. The average molecular weight is 641 g/mol. The van der Waals surface area contributed by atoms with Crippen LogP contribution in [0.3, 0.4) is 0 Å². The zero-order chi connectivity index (χ0) is 30.4. The average Bonchev–Trinajstić information content (AvgIpc) is 3.77. The first-order valence-corrected chi connectivity index (χ1v) is 18.3. The Hall–Kier alpha value is -4.54. The van der Waals surface area contributed by atoms with E-state index in [1.807, 2.05) is 34.0 Å². The Morgan fingerprint density at radius 3 is 1.43 bits per heavy atom. The van der Waals surface area contributed by atoms with Crippen LogP contribution < -0.4 is 0 Å². The summed E-state index contributed by atoms with van der Waals surface area (Å²) in [5.41, 5.74) is 8.96. The molecule has 218 valence electrons. The summed E-state index contributed by atoms with van der Waals surface area (Å²) in [5, 5.41) is 6.73. The van der Waals surface area contributed by atoms with Gasteiger partial charge in [-0.05, 0) is 118 Å². The van der Waals surface area contributed by atoms with Crippen LogP contribution >= 0.6 is 34.0 Å². The summed E-state index contributed by atoms with van der Waals surface area (Å²) in [6.07, 6.45) is 5.86. The fourth-order valence-corrected chi connectivity index (χ4v) is 10.7. The monoisotopic (exact) mass is 640 g/mol. The van der Waals surface area contributed by atoms with Crippen molar-refractivity contribution in [3.63, 3.8) is 0 Å². The molecule has 0 nitrogen and oxygen atoms in total. The molecule has 1 unspecified atom stereocenters. The summed E-state index contributed by atoms with van der Waals surface area (Å²) in [6, 6.07) is 45.9. The fourth-order valence-electron chi connectivity index (χ4n) is 7.24. The van der Waals surface area contributed by atoms with Gasteiger partial charge in [-0.2, -0.15) is 0 Å². The third-order valence-electron chi connectivity index (χ3n) is 9.59. The number of hydrogen-bond acceptors (Lipinski definition) is 3. The van der Waals surface area contributed by atoms with E-state index in [-0.39, 0.29) is 0 Å². The van der Waals surface area contributed by atoms with Gasteiger partial charge in [-0.25, -0.2) is 0 Å². The lowest BCUT2D eigenvalue weighted by Crippen LogP contribution is -1.99. The van der Waals surface area contributed by atoms with Crippen LogP contribution in [0.15, 0.2) is 127 Å². The van der Waals surface area contributed by atoms with Gasteiger partial charge in [-0.15, -0.1) is 34.0 Å². The summed E-state index contributed by atoms with van der Waals surface area (Å²) in [4.78, 5) is 1.52. The van der Waals surface area contributed by atoms with Gasteiger partial charge in [0.15, 0.2) is 0 Å². The Morgan fingerprint density at radius 1 is 0.435 bits per heavy atom. The van der Waals surface area contributed by atoms with Crippen LogP contribution in [-0.4, -0.2) is 0 Å². The molecule has 1 aliphatic carbocycles. The Kier molecular flexibility index (Phi) is 5.93. The Balaban J connectivity index is 1.19. The molecule has 0 amide bonds. The van der Waals surface area contributed by atoms with Gasteiger partial charge < -0.3 is 0 Å². The molecule has 9 aromatic rings. The van der Waals surface area contributed by atoms with E-state index < -0.39 is 0 Å². The fraction of sp³-hybridized carbons (Fsp3) is 0.0698. The highest BCUT2D eigenvalue weighted by Gasteiger charge is 2.18. The molecule has 0 saturated carbocycles. The zero-order valence-electron chi connectivity index (χ0n) is 25.2. The molecular formula is C43H28S3. The van der Waals surface area contributed by atoms with E-state index in [1.54, 1.807) is 0 Å². The third kappa shape index (κ3) is 4.23. The van der Waals surface area contributed by atoms with Crippen LogP contribution in [0.4, 0.5) is 0 Å². The van der Waals surface area contributed by atoms with Crippen molar-refractivity contribution in [2.45, 2.75) is 13.3 Å². The molecule has 6 aromatic carbocycles. The molecule has 0 radical (unpaired) electrons. The number of fused-ring (bicyclic) bond motifs is 9. The molecule has 1 aliphatic rings. The molecule has 0 bridgehead atoms. The molecule has 0 saturated heterocycles. The Bertz CT molecular complexity index is 2560. The molecular weight excluding hydrogens is 613 g/mol. The molecule has 10 rings (SSSR count). The molecule has 0 fully saturated rings. The van der Waals surface area contributed by atoms with Gasteiger partial charge >= 0.3 is 0 Å². The van der Waals surface area contributed by atoms with Crippen LogP contribution in [0.1, 0.15) is 17.4 Å². The minimum atomic E-state index is 0.606. The lowest BCUT2D eigenvalue weighted by Gasteiger charge is -2.13. The molecule has 0 aliphatic heterocycles. The van der Waals surface area contributed by atoms with E-state index in [1.165, 1.54) is 94.3 Å². The summed E-state index contributed by atoms with van der Waals surface area (Å²) in [5.74, 6) is 0.606. The van der Waals surface area contributed by atoms with Gasteiger partial charge in [0.25, 0.3) is 0 Å². The van der Waals surface area contributed by atoms with E-state index in [0.717, 1.165) is 6.42 Å². The second-order valence-corrected chi connectivity index (χ2v) is 15.9. The Morgan fingerprint density at radius 2 is 0.891 bits per heavy atom. The number of allylic oxidation sites excluding steroid dienone is 1. The lowest BCUT2D eigenvalue weighted by molar-refractivity contribution is 0.728. The van der Waals surface area contributed by atoms with Crippen molar-refractivity contribution in [3.05, 3.63) is 138 Å². The molecule has 3 heteroatoms. The van der Waals surface area contributed by atoms with Crippen molar-refractivity contribution in [2.24, 2.45) is 5.92 Å². The second kappa shape index (κ2) is 10.2. The SMILES string of the molecule is CC1C=Cc2c(sc3ccc(-c4cc(-c5ccc6sc7ccccc7c6c5)cc(-c5ccc6sc7ccccc7c6c5)c4)cc23)C1. The van der Waals surface area contributed by atoms with Crippen molar-refractivity contribution in [1.82, 2.24) is 0 Å². The second-order valence-electron chi connectivity index (χ2n) is 12.6. The molecule has 3 heterocycles. The van der Waals surface area contributed by atoms with Gasteiger partial charge in [-0.3, -0.25) is 0 Å². The number of hydrogen-bond donors (Lipinski definition) is 0. The normalized spacial score (nSPS) is 14.7. The highest BCUT2D eigenvalue weighted by Crippen LogP contribution is 2.43. The van der Waals surface area contributed by atoms with Gasteiger partial charge in [0, 0.05) is 55.3 Å². The zero-order valence-corrected chi connectivity index (χ0v) is 27.7. The number of rotatable bonds is 3. The first kappa shape index (κ1) is 26.7. The highest BCUT2D eigenvalue weighted by molar-refractivity contribution is 7.26. The first-order valence-electron chi connectivity index (χ1n) is 15.9. The molecule has 46 heavy (non-hydrogen) atoms. The van der Waals surface area contributed by atoms with Crippen molar-refractivity contribution < 1.29 is 0 Å². The number of benzene rings is 6. The van der Waals surface area contributed by atoms with E-state index in [4.69, 9.17) is 0 Å². The van der Waals surface area contributed by atoms with Crippen LogP contribution in [0, 0.1) is 5.92 Å². The molecule has 0 spiro atoms. The molecule has 3 aromatic heterocycles. The van der Waals surface area contributed by atoms with E-state index in [2.05, 4.69) is 140 Å².